The van der Waals surface area contributed by atoms with Crippen molar-refractivity contribution < 1.29 is 13.2 Å². The molecule has 1 unspecified atom stereocenters. The van der Waals surface area contributed by atoms with Crippen molar-refractivity contribution >= 4 is 21.6 Å². The third kappa shape index (κ3) is 4.90. The zero-order chi connectivity index (χ0) is 20.4. The third-order valence-electron chi connectivity index (χ3n) is 6.58. The van der Waals surface area contributed by atoms with Crippen LogP contribution >= 0.6 is 0 Å². The summed E-state index contributed by atoms with van der Waals surface area (Å²) < 4.78 is 23.3. The van der Waals surface area contributed by atoms with Gasteiger partial charge in [-0.3, -0.25) is 4.79 Å². The zero-order valence-electron chi connectivity index (χ0n) is 17.3. The van der Waals surface area contributed by atoms with E-state index in [1.165, 1.54) is 12.8 Å². The van der Waals surface area contributed by atoms with Crippen LogP contribution in [-0.2, 0) is 21.1 Å². The van der Waals surface area contributed by atoms with Gasteiger partial charge in [0.1, 0.15) is 11.6 Å². The zero-order valence-corrected chi connectivity index (χ0v) is 18.2. The summed E-state index contributed by atoms with van der Waals surface area (Å²) in [7, 11) is -2.93. The number of sulfone groups is 1. The third-order valence-corrected chi connectivity index (χ3v) is 8.42. The first-order valence-electron chi connectivity index (χ1n) is 11.0. The van der Waals surface area contributed by atoms with Crippen molar-refractivity contribution in [1.29, 1.82) is 0 Å². The fourth-order valence-corrected chi connectivity index (χ4v) is 6.63. The van der Waals surface area contributed by atoms with Crippen LogP contribution in [0, 0.1) is 5.92 Å². The lowest BCUT2D eigenvalue weighted by atomic mass is 9.94. The lowest BCUT2D eigenvalue weighted by Gasteiger charge is -2.32. The predicted octanol–water partition coefficient (Wildman–Crippen LogP) is 2.17. The fraction of sp³-hybridized carbons (Fsp3) is 0.762. The molecule has 0 bridgehead atoms. The Balaban J connectivity index is 1.36. The summed E-state index contributed by atoms with van der Waals surface area (Å²) in [6.45, 7) is 5.70. The van der Waals surface area contributed by atoms with Gasteiger partial charge in [0.2, 0.25) is 5.91 Å². The van der Waals surface area contributed by atoms with Crippen LogP contribution in [0.1, 0.15) is 62.9 Å². The Kier molecular flexibility index (Phi) is 6.08. The number of aromatic nitrogens is 2. The summed E-state index contributed by atoms with van der Waals surface area (Å²) in [6.07, 6.45) is 6.10. The molecule has 0 aromatic carbocycles. The van der Waals surface area contributed by atoms with E-state index in [1.807, 2.05) is 4.90 Å². The molecule has 0 aliphatic carbocycles. The number of carbonyl (C=O) groups excluding carboxylic acids is 1. The number of piperidine rings is 1. The van der Waals surface area contributed by atoms with Gasteiger partial charge in [0.05, 0.1) is 11.5 Å². The number of aryl methyl sites for hydroxylation is 1. The lowest BCUT2D eigenvalue weighted by Crippen LogP contribution is -2.39. The molecule has 3 saturated heterocycles. The second-order valence-electron chi connectivity index (χ2n) is 8.75. The first kappa shape index (κ1) is 20.6. The smallest absolute Gasteiger partial charge is 0.222 e. The quantitative estimate of drug-likeness (QED) is 0.726. The van der Waals surface area contributed by atoms with Crippen LogP contribution in [0.25, 0.3) is 0 Å². The van der Waals surface area contributed by atoms with Gasteiger partial charge >= 0.3 is 0 Å². The van der Waals surface area contributed by atoms with E-state index in [2.05, 4.69) is 17.9 Å². The summed E-state index contributed by atoms with van der Waals surface area (Å²) in [5.74, 6) is 2.79. The topological polar surface area (TPSA) is 83.5 Å². The van der Waals surface area contributed by atoms with Crippen molar-refractivity contribution in [3.8, 4) is 0 Å². The van der Waals surface area contributed by atoms with Crippen LogP contribution < -0.4 is 4.90 Å². The minimum Gasteiger partial charge on any atom is -0.357 e. The molecule has 7 nitrogen and oxygen atoms in total. The van der Waals surface area contributed by atoms with E-state index in [9.17, 15) is 13.2 Å². The van der Waals surface area contributed by atoms with E-state index in [0.29, 0.717) is 31.8 Å². The number of hydrogen-bond donors (Lipinski definition) is 0. The van der Waals surface area contributed by atoms with E-state index < -0.39 is 9.84 Å². The molecule has 8 heteroatoms. The van der Waals surface area contributed by atoms with Gasteiger partial charge in [-0.1, -0.05) is 6.92 Å². The van der Waals surface area contributed by atoms with Crippen molar-refractivity contribution in [2.45, 2.75) is 57.8 Å². The molecule has 4 rings (SSSR count). The highest BCUT2D eigenvalue weighted by Crippen LogP contribution is 2.30. The Hall–Kier alpha value is -1.70. The highest BCUT2D eigenvalue weighted by atomic mass is 32.2. The van der Waals surface area contributed by atoms with E-state index in [0.717, 1.165) is 49.7 Å². The molecule has 160 valence electrons. The number of nitrogens with zero attached hydrogens (tertiary/aromatic N) is 4. The summed E-state index contributed by atoms with van der Waals surface area (Å²) in [6, 6.07) is 2.13. The van der Waals surface area contributed by atoms with Gasteiger partial charge in [-0.15, -0.1) is 0 Å². The van der Waals surface area contributed by atoms with E-state index in [-0.39, 0.29) is 23.3 Å². The van der Waals surface area contributed by atoms with Crippen molar-refractivity contribution in [2.75, 3.05) is 42.6 Å². The van der Waals surface area contributed by atoms with Crippen LogP contribution in [0.15, 0.2) is 6.07 Å². The van der Waals surface area contributed by atoms with Crippen LogP contribution in [0.2, 0.25) is 0 Å². The highest BCUT2D eigenvalue weighted by molar-refractivity contribution is 7.91. The Morgan fingerprint density at radius 1 is 1.10 bits per heavy atom. The summed E-state index contributed by atoms with van der Waals surface area (Å²) in [5, 5.41) is 0. The van der Waals surface area contributed by atoms with Crippen LogP contribution in [0.3, 0.4) is 0 Å². The minimum atomic E-state index is -2.93. The van der Waals surface area contributed by atoms with Crippen LogP contribution in [0.5, 0.6) is 0 Å². The van der Waals surface area contributed by atoms with Crippen molar-refractivity contribution in [3.05, 3.63) is 17.6 Å². The second-order valence-corrected chi connectivity index (χ2v) is 11.0. The van der Waals surface area contributed by atoms with Crippen molar-refractivity contribution in [3.63, 3.8) is 0 Å². The largest absolute Gasteiger partial charge is 0.357 e. The molecule has 1 atom stereocenters. The van der Waals surface area contributed by atoms with E-state index in [1.54, 1.807) is 0 Å². The second kappa shape index (κ2) is 8.58. The Morgan fingerprint density at radius 3 is 2.45 bits per heavy atom. The van der Waals surface area contributed by atoms with Crippen molar-refractivity contribution in [1.82, 2.24) is 14.9 Å². The average molecular weight is 421 g/mol. The van der Waals surface area contributed by atoms with Gasteiger partial charge in [-0.2, -0.15) is 0 Å². The summed E-state index contributed by atoms with van der Waals surface area (Å²) in [4.78, 5) is 26.6. The predicted molar refractivity (Wildman–Crippen MR) is 113 cm³/mol. The highest BCUT2D eigenvalue weighted by Gasteiger charge is 2.32. The van der Waals surface area contributed by atoms with E-state index in [4.69, 9.17) is 9.97 Å². The maximum absolute atomic E-state index is 12.6. The number of amides is 1. The average Bonchev–Trinajstić information content (AvgIpc) is 3.37. The SMILES string of the molecule is CCc1cc(N2CCCC2)nc(C2CCN(C(=O)CC3CCS(=O)(=O)C3)CC2)n1. The maximum Gasteiger partial charge on any atom is 0.222 e. The molecule has 3 aliphatic heterocycles. The Bertz CT molecular complexity index is 843. The van der Waals surface area contributed by atoms with Gasteiger partial charge in [0.15, 0.2) is 9.84 Å². The maximum atomic E-state index is 12.6. The van der Waals surface area contributed by atoms with Crippen molar-refractivity contribution in [2.24, 2.45) is 5.92 Å². The normalized spacial score (nSPS) is 24.9. The molecular formula is C21H32N4O3S. The van der Waals surface area contributed by atoms with Gasteiger partial charge < -0.3 is 9.80 Å². The molecular weight excluding hydrogens is 388 g/mol. The molecule has 1 aromatic rings. The van der Waals surface area contributed by atoms with Gasteiger partial charge in [0, 0.05) is 50.3 Å². The first-order chi connectivity index (χ1) is 13.9. The first-order valence-corrected chi connectivity index (χ1v) is 12.9. The molecule has 0 N–H and O–H groups in total. The summed E-state index contributed by atoms with van der Waals surface area (Å²) in [5.41, 5.74) is 1.10. The molecule has 4 heterocycles. The number of anilines is 1. The molecule has 3 aliphatic rings. The number of likely N-dealkylation sites (tertiary alicyclic amines) is 1. The molecule has 0 spiro atoms. The minimum absolute atomic E-state index is 0.00203. The van der Waals surface area contributed by atoms with Gasteiger partial charge in [0.25, 0.3) is 0 Å². The van der Waals surface area contributed by atoms with Gasteiger partial charge in [-0.25, -0.2) is 18.4 Å². The van der Waals surface area contributed by atoms with Crippen LogP contribution in [-0.4, -0.2) is 66.9 Å². The molecule has 0 saturated carbocycles. The molecule has 1 amide bonds. The number of rotatable bonds is 5. The number of carbonyl (C=O) groups is 1. The molecule has 1 aromatic heterocycles. The molecule has 3 fully saturated rings. The standard InChI is InChI=1S/C21H32N4O3S/c1-2-18-14-19(24-8-3-4-9-24)23-21(22-18)17-5-10-25(11-6-17)20(26)13-16-7-12-29(27,28)15-16/h14,16-17H,2-13,15H2,1H3. The molecule has 0 radical (unpaired) electrons. The van der Waals surface area contributed by atoms with Crippen LogP contribution in [0.4, 0.5) is 5.82 Å². The lowest BCUT2D eigenvalue weighted by molar-refractivity contribution is -0.133. The van der Waals surface area contributed by atoms with E-state index >= 15 is 0 Å². The fourth-order valence-electron chi connectivity index (χ4n) is 4.77. The monoisotopic (exact) mass is 420 g/mol. The Morgan fingerprint density at radius 2 is 1.83 bits per heavy atom. The molecule has 29 heavy (non-hydrogen) atoms. The summed E-state index contributed by atoms with van der Waals surface area (Å²) >= 11 is 0. The number of hydrogen-bond acceptors (Lipinski definition) is 6. The Labute approximate surface area is 173 Å². The van der Waals surface area contributed by atoms with Gasteiger partial charge in [-0.05, 0) is 44.4 Å².